The van der Waals surface area contributed by atoms with Crippen molar-refractivity contribution in [2.45, 2.75) is 12.5 Å². The summed E-state index contributed by atoms with van der Waals surface area (Å²) >= 11 is 0. The normalized spacial score (nSPS) is 12.0. The highest BCUT2D eigenvalue weighted by Crippen LogP contribution is 2.17. The number of hydrogen-bond acceptors (Lipinski definition) is 2. The molecule has 0 saturated carbocycles. The Bertz CT molecular complexity index is 1010. The van der Waals surface area contributed by atoms with E-state index in [0.717, 1.165) is 10.8 Å². The van der Waals surface area contributed by atoms with E-state index in [9.17, 15) is 27.9 Å². The highest BCUT2D eigenvalue weighted by atomic mass is 19.2. The molecule has 0 aromatic heterocycles. The first-order valence-electron chi connectivity index (χ1n) is 8.01. The van der Waals surface area contributed by atoms with Crippen LogP contribution in [0, 0.1) is 17.5 Å². The highest BCUT2D eigenvalue weighted by molar-refractivity contribution is 6.00. The number of carboxylic acid groups (broad SMARTS) is 1. The zero-order valence-electron chi connectivity index (χ0n) is 13.9. The van der Waals surface area contributed by atoms with Gasteiger partial charge in [-0.3, -0.25) is 4.79 Å². The molecule has 0 aliphatic carbocycles. The Kier molecular flexibility index (Phi) is 5.12. The quantitative estimate of drug-likeness (QED) is 0.671. The van der Waals surface area contributed by atoms with E-state index in [4.69, 9.17) is 0 Å². The minimum atomic E-state index is -1.63. The zero-order valence-corrected chi connectivity index (χ0v) is 13.9. The molecule has 138 valence electrons. The van der Waals surface area contributed by atoms with Crippen molar-refractivity contribution in [3.8, 4) is 0 Å². The lowest BCUT2D eigenvalue weighted by Gasteiger charge is -2.15. The van der Waals surface area contributed by atoms with Gasteiger partial charge in [-0.05, 0) is 40.6 Å². The lowest BCUT2D eigenvalue weighted by atomic mass is 10.0. The highest BCUT2D eigenvalue weighted by Gasteiger charge is 2.23. The first kappa shape index (κ1) is 18.4. The molecule has 0 bridgehead atoms. The molecule has 0 heterocycles. The summed E-state index contributed by atoms with van der Waals surface area (Å²) in [5, 5.41) is 13.4. The van der Waals surface area contributed by atoms with Gasteiger partial charge < -0.3 is 10.4 Å². The summed E-state index contributed by atoms with van der Waals surface area (Å²) in [6.07, 6.45) is -0.400. The van der Waals surface area contributed by atoms with Crippen LogP contribution < -0.4 is 5.32 Å². The van der Waals surface area contributed by atoms with Crippen molar-refractivity contribution in [1.29, 1.82) is 0 Å². The third kappa shape index (κ3) is 4.08. The van der Waals surface area contributed by atoms with Gasteiger partial charge in [0.25, 0.3) is 5.91 Å². The van der Waals surface area contributed by atoms with Crippen LogP contribution in [0.15, 0.2) is 54.6 Å². The minimum Gasteiger partial charge on any atom is -0.480 e. The zero-order chi connectivity index (χ0) is 19.6. The van der Waals surface area contributed by atoms with E-state index in [1.54, 1.807) is 18.2 Å². The van der Waals surface area contributed by atoms with Crippen LogP contribution in [0.3, 0.4) is 0 Å². The second-order valence-electron chi connectivity index (χ2n) is 6.00. The van der Waals surface area contributed by atoms with Crippen molar-refractivity contribution in [3.05, 3.63) is 83.2 Å². The van der Waals surface area contributed by atoms with E-state index in [2.05, 4.69) is 5.32 Å². The predicted octanol–water partition coefficient (Wildman–Crippen LogP) is 3.68. The number of rotatable bonds is 5. The summed E-state index contributed by atoms with van der Waals surface area (Å²) in [5.74, 6) is -6.50. The average molecular weight is 373 g/mol. The van der Waals surface area contributed by atoms with E-state index in [0.29, 0.717) is 12.1 Å². The van der Waals surface area contributed by atoms with Crippen molar-refractivity contribution < 1.29 is 27.9 Å². The summed E-state index contributed by atoms with van der Waals surface area (Å²) in [5.41, 5.74) is 0.161. The molecule has 1 amide bonds. The van der Waals surface area contributed by atoms with Crippen LogP contribution in [0.25, 0.3) is 10.8 Å². The predicted molar refractivity (Wildman–Crippen MR) is 92.9 cm³/mol. The molecular weight excluding hydrogens is 359 g/mol. The number of carbonyl (C=O) groups excluding carboxylic acids is 1. The number of fused-ring (bicyclic) bond motifs is 1. The van der Waals surface area contributed by atoms with Gasteiger partial charge in [0.2, 0.25) is 0 Å². The number of hydrogen-bond donors (Lipinski definition) is 2. The SMILES string of the molecule is O=C(N[C@H](Cc1cc(F)c(F)c(F)c1)C(=O)O)c1ccc2ccccc2c1. The molecule has 3 aromatic carbocycles. The first-order valence-corrected chi connectivity index (χ1v) is 8.01. The lowest BCUT2D eigenvalue weighted by molar-refractivity contribution is -0.139. The Hall–Kier alpha value is -3.35. The van der Waals surface area contributed by atoms with Crippen LogP contribution in [-0.4, -0.2) is 23.0 Å². The van der Waals surface area contributed by atoms with Crippen LogP contribution in [0.5, 0.6) is 0 Å². The Balaban J connectivity index is 1.81. The monoisotopic (exact) mass is 373 g/mol. The fourth-order valence-corrected chi connectivity index (χ4v) is 2.73. The lowest BCUT2D eigenvalue weighted by Crippen LogP contribution is -2.42. The fourth-order valence-electron chi connectivity index (χ4n) is 2.73. The molecule has 0 aliphatic rings. The number of nitrogens with one attached hydrogen (secondary N) is 1. The Morgan fingerprint density at radius 1 is 0.926 bits per heavy atom. The molecule has 3 rings (SSSR count). The summed E-state index contributed by atoms with van der Waals surface area (Å²) in [6.45, 7) is 0. The molecular formula is C20H14F3NO3. The second-order valence-corrected chi connectivity index (χ2v) is 6.00. The fraction of sp³-hybridized carbons (Fsp3) is 0.100. The third-order valence-corrected chi connectivity index (χ3v) is 4.10. The molecule has 0 fully saturated rings. The Morgan fingerprint density at radius 2 is 1.56 bits per heavy atom. The summed E-state index contributed by atoms with van der Waals surface area (Å²) in [6, 6.07) is 12.2. The molecule has 7 heteroatoms. The first-order chi connectivity index (χ1) is 12.8. The van der Waals surface area contributed by atoms with Gasteiger partial charge in [0.05, 0.1) is 0 Å². The van der Waals surface area contributed by atoms with Gasteiger partial charge in [0.1, 0.15) is 6.04 Å². The van der Waals surface area contributed by atoms with Gasteiger partial charge in [-0.1, -0.05) is 30.3 Å². The van der Waals surface area contributed by atoms with Gasteiger partial charge in [-0.25, -0.2) is 18.0 Å². The number of aliphatic carboxylic acids is 1. The van der Waals surface area contributed by atoms with Crippen LogP contribution in [0.2, 0.25) is 0 Å². The summed E-state index contributed by atoms with van der Waals surface area (Å²) in [7, 11) is 0. The molecule has 1 atom stereocenters. The molecule has 0 unspecified atom stereocenters. The van der Waals surface area contributed by atoms with E-state index in [1.165, 1.54) is 0 Å². The maximum Gasteiger partial charge on any atom is 0.326 e. The van der Waals surface area contributed by atoms with Gasteiger partial charge in [0, 0.05) is 12.0 Å². The van der Waals surface area contributed by atoms with Crippen molar-refractivity contribution in [2.24, 2.45) is 0 Å². The van der Waals surface area contributed by atoms with E-state index >= 15 is 0 Å². The maximum atomic E-state index is 13.3. The van der Waals surface area contributed by atoms with Crippen molar-refractivity contribution in [2.75, 3.05) is 0 Å². The number of benzene rings is 3. The van der Waals surface area contributed by atoms with E-state index in [1.807, 2.05) is 24.3 Å². The third-order valence-electron chi connectivity index (χ3n) is 4.10. The largest absolute Gasteiger partial charge is 0.480 e. The molecule has 0 spiro atoms. The minimum absolute atomic E-state index is 0.0855. The molecule has 2 N–H and O–H groups in total. The number of carbonyl (C=O) groups is 2. The summed E-state index contributed by atoms with van der Waals surface area (Å²) in [4.78, 5) is 23.8. The van der Waals surface area contributed by atoms with E-state index in [-0.39, 0.29) is 11.1 Å². The second kappa shape index (κ2) is 7.49. The van der Waals surface area contributed by atoms with Crippen molar-refractivity contribution in [3.63, 3.8) is 0 Å². The van der Waals surface area contributed by atoms with Gasteiger partial charge in [-0.2, -0.15) is 0 Å². The van der Waals surface area contributed by atoms with Crippen LogP contribution in [0.1, 0.15) is 15.9 Å². The van der Waals surface area contributed by atoms with Gasteiger partial charge >= 0.3 is 5.97 Å². The van der Waals surface area contributed by atoms with E-state index < -0.39 is 41.8 Å². The molecule has 3 aromatic rings. The number of carboxylic acids is 1. The molecule has 27 heavy (non-hydrogen) atoms. The Labute approximate surface area is 152 Å². The molecule has 0 saturated heterocycles. The number of halogens is 3. The van der Waals surface area contributed by atoms with Crippen LogP contribution in [0.4, 0.5) is 13.2 Å². The Morgan fingerprint density at radius 3 is 2.19 bits per heavy atom. The maximum absolute atomic E-state index is 13.3. The van der Waals surface area contributed by atoms with Crippen molar-refractivity contribution in [1.82, 2.24) is 5.32 Å². The van der Waals surface area contributed by atoms with Crippen LogP contribution >= 0.6 is 0 Å². The summed E-state index contributed by atoms with van der Waals surface area (Å²) < 4.78 is 39.7. The van der Waals surface area contributed by atoms with Crippen molar-refractivity contribution >= 4 is 22.6 Å². The molecule has 0 radical (unpaired) electrons. The van der Waals surface area contributed by atoms with Crippen LogP contribution in [-0.2, 0) is 11.2 Å². The van der Waals surface area contributed by atoms with Gasteiger partial charge in [0.15, 0.2) is 17.5 Å². The molecule has 0 aliphatic heterocycles. The smallest absolute Gasteiger partial charge is 0.326 e. The van der Waals surface area contributed by atoms with Gasteiger partial charge in [-0.15, -0.1) is 0 Å². The average Bonchev–Trinajstić information content (AvgIpc) is 2.64. The topological polar surface area (TPSA) is 66.4 Å². The number of amides is 1. The standard InChI is InChI=1S/C20H14F3NO3/c21-15-7-11(8-16(22)18(15)23)9-17(20(26)27)24-19(25)14-6-5-12-3-1-2-4-13(12)10-14/h1-8,10,17H,9H2,(H,24,25)(H,26,27)/t17-/m1/s1. The molecule has 4 nitrogen and oxygen atoms in total.